The number of alkyl halides is 3. The predicted molar refractivity (Wildman–Crippen MR) is 94.7 cm³/mol. The average molecular weight is 421 g/mol. The Morgan fingerprint density at radius 1 is 1.28 bits per heavy atom. The minimum absolute atomic E-state index is 0. The molecular formula is C15H19Cl3F3N3O. The van der Waals surface area contributed by atoms with Crippen LogP contribution in [-0.4, -0.2) is 55.7 Å². The van der Waals surface area contributed by atoms with Crippen molar-refractivity contribution in [3.8, 4) is 0 Å². The van der Waals surface area contributed by atoms with Crippen LogP contribution in [0.25, 0.3) is 0 Å². The first-order chi connectivity index (χ1) is 11.3. The van der Waals surface area contributed by atoms with Crippen LogP contribution in [0.2, 0.25) is 10.0 Å². The Morgan fingerprint density at radius 3 is 2.52 bits per heavy atom. The van der Waals surface area contributed by atoms with Crippen LogP contribution in [-0.2, 0) is 11.2 Å². The molecule has 1 amide bonds. The van der Waals surface area contributed by atoms with Crippen molar-refractivity contribution in [2.24, 2.45) is 0 Å². The van der Waals surface area contributed by atoms with Gasteiger partial charge in [0.1, 0.15) is 6.04 Å². The molecular weight excluding hydrogens is 402 g/mol. The zero-order chi connectivity index (χ0) is 17.7. The van der Waals surface area contributed by atoms with Crippen LogP contribution >= 0.6 is 35.6 Å². The summed E-state index contributed by atoms with van der Waals surface area (Å²) in [5.74, 6) is -0.524. The van der Waals surface area contributed by atoms with E-state index in [-0.39, 0.29) is 18.8 Å². The Hall–Kier alpha value is -0.730. The molecule has 0 aromatic heterocycles. The summed E-state index contributed by atoms with van der Waals surface area (Å²) in [6.07, 6.45) is -4.52. The molecule has 1 aromatic carbocycles. The topological polar surface area (TPSA) is 44.4 Å². The first kappa shape index (κ1) is 22.3. The fraction of sp³-hybridized carbons (Fsp3) is 0.533. The third kappa shape index (κ3) is 6.83. The second-order valence-electron chi connectivity index (χ2n) is 5.56. The largest absolute Gasteiger partial charge is 0.405 e. The van der Waals surface area contributed by atoms with E-state index in [9.17, 15) is 18.0 Å². The van der Waals surface area contributed by atoms with Gasteiger partial charge < -0.3 is 10.6 Å². The number of halogens is 6. The molecule has 0 aliphatic carbocycles. The van der Waals surface area contributed by atoms with Crippen LogP contribution in [0.4, 0.5) is 13.2 Å². The van der Waals surface area contributed by atoms with Gasteiger partial charge in [-0.3, -0.25) is 9.69 Å². The van der Waals surface area contributed by atoms with Crippen LogP contribution in [0, 0.1) is 0 Å². The van der Waals surface area contributed by atoms with Crippen LogP contribution < -0.4 is 10.6 Å². The molecule has 0 spiro atoms. The van der Waals surface area contributed by atoms with Gasteiger partial charge >= 0.3 is 6.18 Å². The molecule has 1 fully saturated rings. The Kier molecular flexibility index (Phi) is 8.77. The highest BCUT2D eigenvalue weighted by molar-refractivity contribution is 6.33. The molecule has 0 saturated carbocycles. The molecule has 1 atom stereocenters. The number of nitrogens with zero attached hydrogens (tertiary/aromatic N) is 1. The van der Waals surface area contributed by atoms with E-state index in [1.165, 1.54) is 11.0 Å². The van der Waals surface area contributed by atoms with Crippen molar-refractivity contribution in [3.05, 3.63) is 33.8 Å². The first-order valence-corrected chi connectivity index (χ1v) is 8.25. The second-order valence-corrected chi connectivity index (χ2v) is 6.40. The van der Waals surface area contributed by atoms with E-state index in [0.717, 1.165) is 0 Å². The van der Waals surface area contributed by atoms with Crippen molar-refractivity contribution < 1.29 is 18.0 Å². The molecule has 1 aromatic rings. The number of amides is 1. The summed E-state index contributed by atoms with van der Waals surface area (Å²) in [4.78, 5) is 13.3. The van der Waals surface area contributed by atoms with E-state index in [1.54, 1.807) is 12.1 Å². The van der Waals surface area contributed by atoms with Gasteiger partial charge in [0.2, 0.25) is 5.91 Å². The van der Waals surface area contributed by atoms with Gasteiger partial charge in [0, 0.05) is 42.8 Å². The Balaban J connectivity index is 0.00000312. The van der Waals surface area contributed by atoms with Crippen molar-refractivity contribution in [2.75, 3.05) is 32.7 Å². The van der Waals surface area contributed by atoms with Gasteiger partial charge in [-0.1, -0.05) is 23.2 Å². The summed E-state index contributed by atoms with van der Waals surface area (Å²) in [6.45, 7) is 1.10. The van der Waals surface area contributed by atoms with Crippen molar-refractivity contribution in [1.82, 2.24) is 15.5 Å². The number of rotatable bonds is 5. The maximum Gasteiger partial charge on any atom is 0.405 e. The molecule has 2 N–H and O–H groups in total. The lowest BCUT2D eigenvalue weighted by Crippen LogP contribution is -2.57. The van der Waals surface area contributed by atoms with Crippen molar-refractivity contribution >= 4 is 41.5 Å². The molecule has 1 unspecified atom stereocenters. The lowest BCUT2D eigenvalue weighted by atomic mass is 10.1. The normalized spacial score (nSPS) is 16.8. The predicted octanol–water partition coefficient (Wildman–Crippen LogP) is 2.91. The summed E-state index contributed by atoms with van der Waals surface area (Å²) in [5, 5.41) is 6.13. The van der Waals surface area contributed by atoms with E-state index in [0.29, 0.717) is 41.8 Å². The number of hydrogen-bond acceptors (Lipinski definition) is 3. The van der Waals surface area contributed by atoms with Gasteiger partial charge in [-0.2, -0.15) is 13.2 Å². The highest BCUT2D eigenvalue weighted by Gasteiger charge is 2.43. The molecule has 0 radical (unpaired) electrons. The molecule has 4 nitrogen and oxygen atoms in total. The van der Waals surface area contributed by atoms with Gasteiger partial charge in [-0.25, -0.2) is 0 Å². The lowest BCUT2D eigenvalue weighted by Gasteiger charge is -2.35. The third-order valence-electron chi connectivity index (χ3n) is 3.82. The monoisotopic (exact) mass is 419 g/mol. The Bertz CT molecular complexity index is 581. The molecule has 1 aliphatic rings. The fourth-order valence-electron chi connectivity index (χ4n) is 2.57. The summed E-state index contributed by atoms with van der Waals surface area (Å²) in [5.41, 5.74) is 0.479. The summed E-state index contributed by atoms with van der Waals surface area (Å²) in [6, 6.07) is 2.96. The van der Waals surface area contributed by atoms with Crippen molar-refractivity contribution in [1.29, 1.82) is 0 Å². The number of hydrogen-bond donors (Lipinski definition) is 2. The minimum atomic E-state index is -4.40. The Morgan fingerprint density at radius 2 is 1.92 bits per heavy atom. The minimum Gasteiger partial charge on any atom is -0.354 e. The highest BCUT2D eigenvalue weighted by Crippen LogP contribution is 2.25. The molecule has 142 valence electrons. The van der Waals surface area contributed by atoms with E-state index in [4.69, 9.17) is 23.2 Å². The number of nitrogens with one attached hydrogen (secondary N) is 2. The Labute approximate surface area is 160 Å². The van der Waals surface area contributed by atoms with Crippen LogP contribution in [0.3, 0.4) is 0 Å². The van der Waals surface area contributed by atoms with Crippen LogP contribution in [0.1, 0.15) is 5.56 Å². The van der Waals surface area contributed by atoms with E-state index < -0.39 is 24.7 Å². The average Bonchev–Trinajstić information content (AvgIpc) is 2.51. The smallest absolute Gasteiger partial charge is 0.354 e. The van der Waals surface area contributed by atoms with Crippen LogP contribution in [0.5, 0.6) is 0 Å². The maximum absolute atomic E-state index is 13.2. The standard InChI is InChI=1S/C15H18Cl2F3N3O.ClH/c16-11-1-2-12(17)10(7-11)8-14(24)22-9-13(15(18,19)20)23-5-3-21-4-6-23;/h1-2,7,13,21H,3-6,8-9H2,(H,22,24);1H. The van der Waals surface area contributed by atoms with Gasteiger partial charge in [-0.15, -0.1) is 12.4 Å². The second kappa shape index (κ2) is 9.83. The molecule has 25 heavy (non-hydrogen) atoms. The molecule has 0 bridgehead atoms. The van der Waals surface area contributed by atoms with Crippen molar-refractivity contribution in [2.45, 2.75) is 18.6 Å². The molecule has 10 heteroatoms. The maximum atomic E-state index is 13.2. The van der Waals surface area contributed by atoms with Gasteiger partial charge in [-0.05, 0) is 23.8 Å². The molecule has 1 heterocycles. The molecule has 2 rings (SSSR count). The lowest BCUT2D eigenvalue weighted by molar-refractivity contribution is -0.184. The number of benzene rings is 1. The summed E-state index contributed by atoms with van der Waals surface area (Å²) < 4.78 is 39.7. The van der Waals surface area contributed by atoms with Crippen molar-refractivity contribution in [3.63, 3.8) is 0 Å². The zero-order valence-corrected chi connectivity index (χ0v) is 15.5. The van der Waals surface area contributed by atoms with E-state index >= 15 is 0 Å². The zero-order valence-electron chi connectivity index (χ0n) is 13.2. The number of piperazine rings is 1. The first-order valence-electron chi connectivity index (χ1n) is 7.49. The van der Waals surface area contributed by atoms with Gasteiger partial charge in [0.15, 0.2) is 0 Å². The van der Waals surface area contributed by atoms with Crippen LogP contribution in [0.15, 0.2) is 18.2 Å². The fourth-order valence-corrected chi connectivity index (χ4v) is 2.95. The van der Waals surface area contributed by atoms with E-state index in [2.05, 4.69) is 10.6 Å². The molecule has 1 saturated heterocycles. The third-order valence-corrected chi connectivity index (χ3v) is 4.43. The summed E-state index contributed by atoms with van der Waals surface area (Å²) in [7, 11) is 0. The summed E-state index contributed by atoms with van der Waals surface area (Å²) >= 11 is 11.8. The van der Waals surface area contributed by atoms with E-state index in [1.807, 2.05) is 0 Å². The molecule has 1 aliphatic heterocycles. The SMILES string of the molecule is Cl.O=C(Cc1cc(Cl)ccc1Cl)NCC(N1CCNCC1)C(F)(F)F. The number of carbonyl (C=O) groups excluding carboxylic acids is 1. The van der Waals surface area contributed by atoms with Gasteiger partial charge in [0.05, 0.1) is 6.42 Å². The number of carbonyl (C=O) groups is 1. The van der Waals surface area contributed by atoms with Gasteiger partial charge in [0.25, 0.3) is 0 Å². The quantitative estimate of drug-likeness (QED) is 0.770. The highest BCUT2D eigenvalue weighted by atomic mass is 35.5.